The number of rotatable bonds is 8. The molecule has 0 bridgehead atoms. The highest BCUT2D eigenvalue weighted by Gasteiger charge is 2.00. The fourth-order valence-corrected chi connectivity index (χ4v) is 3.54. The Labute approximate surface area is 186 Å². The number of anilines is 2. The van der Waals surface area contributed by atoms with Crippen LogP contribution in [0.15, 0.2) is 97.1 Å². The Kier molecular flexibility index (Phi) is 6.68. The molecule has 4 aromatic carbocycles. The zero-order chi connectivity index (χ0) is 21.5. The summed E-state index contributed by atoms with van der Waals surface area (Å²) in [5, 5.41) is 7.00. The second-order valence-electron chi connectivity index (χ2n) is 8.25. The number of benzene rings is 4. The first kappa shape index (κ1) is 20.7. The van der Waals surface area contributed by atoms with Crippen LogP contribution >= 0.6 is 0 Å². The van der Waals surface area contributed by atoms with Crippen molar-refractivity contribution in [3.8, 4) is 0 Å². The van der Waals surface area contributed by atoms with E-state index in [1.165, 1.54) is 33.4 Å². The molecule has 0 aliphatic heterocycles. The Balaban J connectivity index is 1.27. The second-order valence-corrected chi connectivity index (χ2v) is 8.25. The van der Waals surface area contributed by atoms with Crippen LogP contribution in [-0.2, 0) is 19.5 Å². The van der Waals surface area contributed by atoms with Crippen LogP contribution in [0.1, 0.15) is 33.4 Å². The molecule has 0 aromatic heterocycles. The Morgan fingerprint density at radius 3 is 1.10 bits per heavy atom. The predicted octanol–water partition coefficient (Wildman–Crippen LogP) is 7.12. The van der Waals surface area contributed by atoms with Crippen LogP contribution in [0.25, 0.3) is 0 Å². The molecule has 156 valence electrons. The summed E-state index contributed by atoms with van der Waals surface area (Å²) in [7, 11) is 0. The van der Waals surface area contributed by atoms with E-state index in [1.54, 1.807) is 0 Å². The first-order valence-electron chi connectivity index (χ1n) is 10.9. The minimum Gasteiger partial charge on any atom is -0.381 e. The highest BCUT2D eigenvalue weighted by Crippen LogP contribution is 2.17. The summed E-state index contributed by atoms with van der Waals surface area (Å²) in [5.74, 6) is 0. The predicted molar refractivity (Wildman–Crippen MR) is 133 cm³/mol. The van der Waals surface area contributed by atoms with E-state index in [9.17, 15) is 0 Å². The van der Waals surface area contributed by atoms with Crippen molar-refractivity contribution in [1.29, 1.82) is 0 Å². The third-order valence-electron chi connectivity index (χ3n) is 5.55. The maximum atomic E-state index is 3.50. The molecule has 2 N–H and O–H groups in total. The summed E-state index contributed by atoms with van der Waals surface area (Å²) in [5.41, 5.74) is 10.1. The number of hydrogen-bond acceptors (Lipinski definition) is 2. The van der Waals surface area contributed by atoms with Gasteiger partial charge in [0.05, 0.1) is 0 Å². The number of aryl methyl sites for hydroxylation is 2. The van der Waals surface area contributed by atoms with Crippen LogP contribution in [0.2, 0.25) is 0 Å². The Bertz CT molecular complexity index is 987. The summed E-state index contributed by atoms with van der Waals surface area (Å²) >= 11 is 0. The van der Waals surface area contributed by atoms with Crippen LogP contribution in [0.5, 0.6) is 0 Å². The summed E-state index contributed by atoms with van der Waals surface area (Å²) in [6.07, 6.45) is 0.941. The Hall–Kier alpha value is -3.52. The highest BCUT2D eigenvalue weighted by molar-refractivity contribution is 5.48. The number of nitrogens with one attached hydrogen (secondary N) is 2. The minimum absolute atomic E-state index is 0.844. The van der Waals surface area contributed by atoms with E-state index >= 15 is 0 Å². The molecule has 0 fully saturated rings. The Morgan fingerprint density at radius 2 is 0.742 bits per heavy atom. The fraction of sp³-hybridized carbons (Fsp3) is 0.172. The Morgan fingerprint density at radius 1 is 0.419 bits per heavy atom. The molecule has 2 heteroatoms. The first-order chi connectivity index (χ1) is 15.1. The summed E-state index contributed by atoms with van der Waals surface area (Å²) < 4.78 is 0. The maximum absolute atomic E-state index is 3.50. The molecular weight excluding hydrogens is 376 g/mol. The van der Waals surface area contributed by atoms with Crippen LogP contribution in [0.3, 0.4) is 0 Å². The van der Waals surface area contributed by atoms with E-state index in [4.69, 9.17) is 0 Å². The molecule has 0 heterocycles. The van der Waals surface area contributed by atoms with E-state index in [2.05, 4.69) is 122 Å². The van der Waals surface area contributed by atoms with Gasteiger partial charge in [0.15, 0.2) is 0 Å². The lowest BCUT2D eigenvalue weighted by molar-refractivity contribution is 1.13. The van der Waals surface area contributed by atoms with Gasteiger partial charge in [-0.3, -0.25) is 0 Å². The summed E-state index contributed by atoms with van der Waals surface area (Å²) in [6.45, 7) is 5.92. The van der Waals surface area contributed by atoms with Gasteiger partial charge in [-0.05, 0) is 66.8 Å². The largest absolute Gasteiger partial charge is 0.381 e. The molecule has 0 saturated heterocycles. The van der Waals surface area contributed by atoms with Gasteiger partial charge in [0.1, 0.15) is 0 Å². The van der Waals surface area contributed by atoms with E-state index in [0.29, 0.717) is 0 Å². The van der Waals surface area contributed by atoms with Crippen LogP contribution in [0.4, 0.5) is 11.4 Å². The van der Waals surface area contributed by atoms with Gasteiger partial charge in [-0.25, -0.2) is 0 Å². The van der Waals surface area contributed by atoms with E-state index in [0.717, 1.165) is 30.9 Å². The molecule has 0 saturated carbocycles. The first-order valence-corrected chi connectivity index (χ1v) is 10.9. The highest BCUT2D eigenvalue weighted by atomic mass is 14.9. The van der Waals surface area contributed by atoms with Crippen molar-refractivity contribution < 1.29 is 0 Å². The lowest BCUT2D eigenvalue weighted by atomic mass is 10.0. The van der Waals surface area contributed by atoms with Gasteiger partial charge >= 0.3 is 0 Å². The van der Waals surface area contributed by atoms with E-state index in [1.807, 2.05) is 0 Å². The van der Waals surface area contributed by atoms with Crippen LogP contribution < -0.4 is 10.6 Å². The lowest BCUT2D eigenvalue weighted by Crippen LogP contribution is -2.00. The molecule has 0 spiro atoms. The molecule has 0 unspecified atom stereocenters. The maximum Gasteiger partial charge on any atom is 0.0400 e. The van der Waals surface area contributed by atoms with Crippen molar-refractivity contribution in [2.45, 2.75) is 33.4 Å². The zero-order valence-corrected chi connectivity index (χ0v) is 18.4. The third-order valence-corrected chi connectivity index (χ3v) is 5.55. The van der Waals surface area contributed by atoms with Crippen molar-refractivity contribution in [3.63, 3.8) is 0 Å². The zero-order valence-electron chi connectivity index (χ0n) is 18.4. The van der Waals surface area contributed by atoms with Gasteiger partial charge in [0.2, 0.25) is 0 Å². The van der Waals surface area contributed by atoms with Gasteiger partial charge in [-0.1, -0.05) is 83.9 Å². The van der Waals surface area contributed by atoms with Crippen LogP contribution in [0, 0.1) is 13.8 Å². The molecule has 0 atom stereocenters. The standard InChI is InChI=1S/C29H30N2/c1-22-3-7-26(8-4-22)20-30-28-15-11-24(12-16-28)19-25-13-17-29(18-14-25)31-21-27-9-5-23(2)6-10-27/h3-18,30-31H,19-21H2,1-2H3. The molecule has 4 rings (SSSR count). The molecule has 2 nitrogen and oxygen atoms in total. The topological polar surface area (TPSA) is 24.1 Å². The number of hydrogen-bond donors (Lipinski definition) is 2. The smallest absolute Gasteiger partial charge is 0.0400 e. The van der Waals surface area contributed by atoms with Gasteiger partial charge < -0.3 is 10.6 Å². The van der Waals surface area contributed by atoms with Gasteiger partial charge in [-0.15, -0.1) is 0 Å². The summed E-state index contributed by atoms with van der Waals surface area (Å²) in [4.78, 5) is 0. The molecule has 31 heavy (non-hydrogen) atoms. The van der Waals surface area contributed by atoms with Crippen LogP contribution in [-0.4, -0.2) is 0 Å². The monoisotopic (exact) mass is 406 g/mol. The lowest BCUT2D eigenvalue weighted by Gasteiger charge is -2.10. The minimum atomic E-state index is 0.844. The average molecular weight is 407 g/mol. The normalized spacial score (nSPS) is 10.6. The van der Waals surface area contributed by atoms with Gasteiger partial charge in [0, 0.05) is 24.5 Å². The van der Waals surface area contributed by atoms with Gasteiger partial charge in [-0.2, -0.15) is 0 Å². The van der Waals surface area contributed by atoms with Crippen molar-refractivity contribution in [2.75, 3.05) is 10.6 Å². The molecule has 0 radical (unpaired) electrons. The summed E-state index contributed by atoms with van der Waals surface area (Å²) in [6, 6.07) is 34.8. The molecule has 0 amide bonds. The van der Waals surface area contributed by atoms with Crippen molar-refractivity contribution in [1.82, 2.24) is 0 Å². The van der Waals surface area contributed by atoms with Crippen molar-refractivity contribution in [3.05, 3.63) is 130 Å². The molecule has 0 aliphatic rings. The molecular formula is C29H30N2. The second kappa shape index (κ2) is 9.99. The molecule has 4 aromatic rings. The van der Waals surface area contributed by atoms with Crippen molar-refractivity contribution in [2.24, 2.45) is 0 Å². The molecule has 0 aliphatic carbocycles. The SMILES string of the molecule is Cc1ccc(CNc2ccc(Cc3ccc(NCc4ccc(C)cc4)cc3)cc2)cc1. The average Bonchev–Trinajstić information content (AvgIpc) is 2.80. The van der Waals surface area contributed by atoms with E-state index < -0.39 is 0 Å². The van der Waals surface area contributed by atoms with Gasteiger partial charge in [0.25, 0.3) is 0 Å². The van der Waals surface area contributed by atoms with E-state index in [-0.39, 0.29) is 0 Å². The quantitative estimate of drug-likeness (QED) is 0.325. The fourth-order valence-electron chi connectivity index (χ4n) is 3.54. The van der Waals surface area contributed by atoms with Crippen molar-refractivity contribution >= 4 is 11.4 Å². The third kappa shape index (κ3) is 6.23.